The number of ether oxygens (including phenoxy) is 1. The monoisotopic (exact) mass is 309 g/mol. The smallest absolute Gasteiger partial charge is 0.144 e. The Bertz CT molecular complexity index is 397. The molecule has 0 saturated heterocycles. The second-order valence-electron chi connectivity index (χ2n) is 3.38. The number of hydrogen-bond acceptors (Lipinski definition) is 2. The minimum absolute atomic E-state index is 0.205. The molecular weight excluding hydrogens is 301 g/mol. The summed E-state index contributed by atoms with van der Waals surface area (Å²) >= 11 is 15.7. The fourth-order valence-corrected chi connectivity index (χ4v) is 2.88. The van der Waals surface area contributed by atoms with Gasteiger partial charge in [-0.05, 0) is 29.0 Å². The van der Waals surface area contributed by atoms with Crippen molar-refractivity contribution in [2.45, 2.75) is 12.5 Å². The third-order valence-corrected chi connectivity index (χ3v) is 4.05. The van der Waals surface area contributed by atoms with Crippen LogP contribution in [0.3, 0.4) is 0 Å². The van der Waals surface area contributed by atoms with E-state index in [2.05, 4.69) is 21.2 Å². The molecule has 5 heteroatoms. The summed E-state index contributed by atoms with van der Waals surface area (Å²) in [7, 11) is 1.91. The zero-order chi connectivity index (χ0) is 11.0. The molecule has 1 heterocycles. The second kappa shape index (κ2) is 4.50. The molecule has 0 saturated carbocycles. The van der Waals surface area contributed by atoms with E-state index >= 15 is 0 Å². The van der Waals surface area contributed by atoms with Gasteiger partial charge in [-0.2, -0.15) is 0 Å². The molecule has 0 aromatic heterocycles. The molecule has 0 fully saturated rings. The molecule has 2 rings (SSSR count). The first kappa shape index (κ1) is 11.5. The summed E-state index contributed by atoms with van der Waals surface area (Å²) in [6.45, 7) is 0.663. The standard InChI is InChI=1S/C10H10BrCl2NO/c1-14-7-2-3-15-10-6(12)4-5(11)9(13)8(7)10/h4,7,14H,2-3H2,1H3. The number of hydrogen-bond donors (Lipinski definition) is 1. The molecule has 1 unspecified atom stereocenters. The minimum atomic E-state index is 0.205. The van der Waals surface area contributed by atoms with E-state index in [1.54, 1.807) is 6.07 Å². The van der Waals surface area contributed by atoms with Gasteiger partial charge in [-0.1, -0.05) is 23.2 Å². The summed E-state index contributed by atoms with van der Waals surface area (Å²) in [5, 5.41) is 4.48. The van der Waals surface area contributed by atoms with Gasteiger partial charge in [0.05, 0.1) is 16.7 Å². The van der Waals surface area contributed by atoms with Gasteiger partial charge in [0.2, 0.25) is 0 Å². The predicted octanol–water partition coefficient (Wildman–Crippen LogP) is 3.80. The van der Waals surface area contributed by atoms with Crippen molar-refractivity contribution in [3.63, 3.8) is 0 Å². The maximum Gasteiger partial charge on any atom is 0.144 e. The van der Waals surface area contributed by atoms with Gasteiger partial charge in [0, 0.05) is 22.5 Å². The van der Waals surface area contributed by atoms with Gasteiger partial charge in [0.25, 0.3) is 0 Å². The topological polar surface area (TPSA) is 21.3 Å². The lowest BCUT2D eigenvalue weighted by Crippen LogP contribution is -2.24. The highest BCUT2D eigenvalue weighted by Gasteiger charge is 2.26. The Morgan fingerprint density at radius 2 is 2.27 bits per heavy atom. The highest BCUT2D eigenvalue weighted by Crippen LogP contribution is 2.45. The number of rotatable bonds is 1. The number of benzene rings is 1. The molecule has 0 aliphatic carbocycles. The Balaban J connectivity index is 2.62. The molecule has 15 heavy (non-hydrogen) atoms. The third-order valence-electron chi connectivity index (χ3n) is 2.51. The molecule has 0 bridgehead atoms. The van der Waals surface area contributed by atoms with Gasteiger partial charge in [-0.15, -0.1) is 0 Å². The van der Waals surface area contributed by atoms with E-state index in [0.29, 0.717) is 22.4 Å². The van der Waals surface area contributed by atoms with Crippen molar-refractivity contribution < 1.29 is 4.74 Å². The molecule has 1 aliphatic rings. The van der Waals surface area contributed by atoms with Crippen LogP contribution in [0.15, 0.2) is 10.5 Å². The summed E-state index contributed by atoms with van der Waals surface area (Å²) in [6, 6.07) is 1.97. The number of halogens is 3. The van der Waals surface area contributed by atoms with Crippen molar-refractivity contribution in [2.24, 2.45) is 0 Å². The van der Waals surface area contributed by atoms with Crippen LogP contribution in [0.1, 0.15) is 18.0 Å². The van der Waals surface area contributed by atoms with Crippen LogP contribution in [0.25, 0.3) is 0 Å². The normalized spacial score (nSPS) is 19.6. The predicted molar refractivity (Wildman–Crippen MR) is 66.1 cm³/mol. The van der Waals surface area contributed by atoms with Crippen LogP contribution < -0.4 is 10.1 Å². The van der Waals surface area contributed by atoms with Crippen LogP contribution in [0.4, 0.5) is 0 Å². The zero-order valence-corrected chi connectivity index (χ0v) is 11.2. The first-order valence-corrected chi connectivity index (χ1v) is 6.17. The lowest BCUT2D eigenvalue weighted by molar-refractivity contribution is 0.257. The van der Waals surface area contributed by atoms with Crippen molar-refractivity contribution >= 4 is 39.1 Å². The van der Waals surface area contributed by atoms with E-state index < -0.39 is 0 Å². The van der Waals surface area contributed by atoms with Gasteiger partial charge >= 0.3 is 0 Å². The van der Waals surface area contributed by atoms with E-state index in [1.807, 2.05) is 7.05 Å². The first-order chi connectivity index (χ1) is 7.15. The van der Waals surface area contributed by atoms with E-state index in [4.69, 9.17) is 27.9 Å². The molecule has 1 aliphatic heterocycles. The van der Waals surface area contributed by atoms with Gasteiger partial charge in [0.1, 0.15) is 5.75 Å². The Labute approximate surface area is 107 Å². The van der Waals surface area contributed by atoms with Crippen LogP contribution in [0.5, 0.6) is 5.75 Å². The fourth-order valence-electron chi connectivity index (χ4n) is 1.77. The van der Waals surface area contributed by atoms with Crippen molar-refractivity contribution in [1.82, 2.24) is 5.32 Å². The average Bonchev–Trinajstić information content (AvgIpc) is 2.25. The van der Waals surface area contributed by atoms with E-state index in [0.717, 1.165) is 16.5 Å². The zero-order valence-electron chi connectivity index (χ0n) is 8.11. The third kappa shape index (κ3) is 1.98. The number of fused-ring (bicyclic) bond motifs is 1. The maximum absolute atomic E-state index is 6.23. The lowest BCUT2D eigenvalue weighted by atomic mass is 10.0. The minimum Gasteiger partial charge on any atom is -0.492 e. The van der Waals surface area contributed by atoms with Crippen LogP contribution in [0.2, 0.25) is 10.0 Å². The van der Waals surface area contributed by atoms with E-state index in [9.17, 15) is 0 Å². The fraction of sp³-hybridized carbons (Fsp3) is 0.400. The molecule has 1 N–H and O–H groups in total. The Kier molecular flexibility index (Phi) is 3.45. The van der Waals surface area contributed by atoms with Crippen LogP contribution in [0, 0.1) is 0 Å². The molecule has 0 amide bonds. The summed E-state index contributed by atoms with van der Waals surface area (Å²) < 4.78 is 6.35. The Morgan fingerprint density at radius 3 is 2.93 bits per heavy atom. The lowest BCUT2D eigenvalue weighted by Gasteiger charge is -2.27. The van der Waals surface area contributed by atoms with E-state index in [1.165, 1.54) is 0 Å². The van der Waals surface area contributed by atoms with Crippen LogP contribution in [-0.4, -0.2) is 13.7 Å². The summed E-state index contributed by atoms with van der Waals surface area (Å²) in [4.78, 5) is 0. The summed E-state index contributed by atoms with van der Waals surface area (Å²) in [5.41, 5.74) is 0.949. The molecule has 82 valence electrons. The van der Waals surface area contributed by atoms with Gasteiger partial charge in [-0.25, -0.2) is 0 Å². The molecule has 1 aromatic carbocycles. The maximum atomic E-state index is 6.23. The van der Waals surface area contributed by atoms with Crippen LogP contribution >= 0.6 is 39.1 Å². The van der Waals surface area contributed by atoms with Gasteiger partial charge in [-0.3, -0.25) is 0 Å². The highest BCUT2D eigenvalue weighted by atomic mass is 79.9. The highest BCUT2D eigenvalue weighted by molar-refractivity contribution is 9.10. The van der Waals surface area contributed by atoms with Crippen molar-refractivity contribution in [3.8, 4) is 5.75 Å². The largest absolute Gasteiger partial charge is 0.492 e. The molecular formula is C10H10BrCl2NO. The molecule has 2 nitrogen and oxygen atoms in total. The van der Waals surface area contributed by atoms with E-state index in [-0.39, 0.29) is 6.04 Å². The Morgan fingerprint density at radius 1 is 1.53 bits per heavy atom. The first-order valence-electron chi connectivity index (χ1n) is 4.62. The number of nitrogens with one attached hydrogen (secondary N) is 1. The van der Waals surface area contributed by atoms with Crippen molar-refractivity contribution in [1.29, 1.82) is 0 Å². The molecule has 0 spiro atoms. The molecule has 1 atom stereocenters. The quantitative estimate of drug-likeness (QED) is 0.797. The molecule has 1 aromatic rings. The van der Waals surface area contributed by atoms with Gasteiger partial charge < -0.3 is 10.1 Å². The Hall–Kier alpha value is 0.0400. The molecule has 0 radical (unpaired) electrons. The summed E-state index contributed by atoms with van der Waals surface area (Å²) in [5.74, 6) is 0.704. The SMILES string of the molecule is CNC1CCOc2c(Cl)cc(Br)c(Cl)c21. The summed E-state index contributed by atoms with van der Waals surface area (Å²) in [6.07, 6.45) is 0.899. The van der Waals surface area contributed by atoms with Crippen LogP contribution in [-0.2, 0) is 0 Å². The van der Waals surface area contributed by atoms with Crippen molar-refractivity contribution in [2.75, 3.05) is 13.7 Å². The van der Waals surface area contributed by atoms with Crippen molar-refractivity contribution in [3.05, 3.63) is 26.1 Å². The second-order valence-corrected chi connectivity index (χ2v) is 5.01. The average molecular weight is 311 g/mol. The van der Waals surface area contributed by atoms with Gasteiger partial charge in [0.15, 0.2) is 0 Å².